The molecule has 2 N–H and O–H groups in total. The second-order valence-electron chi connectivity index (χ2n) is 5.53. The van der Waals surface area contributed by atoms with Crippen molar-refractivity contribution in [2.24, 2.45) is 0 Å². The lowest BCUT2D eigenvalue weighted by atomic mass is 10.0. The number of nitrogens with one attached hydrogen (secondary N) is 2. The van der Waals surface area contributed by atoms with Crippen LogP contribution in [-0.4, -0.2) is 18.2 Å². The first kappa shape index (κ1) is 15.7. The van der Waals surface area contributed by atoms with Crippen LogP contribution in [-0.2, 0) is 0 Å². The molecule has 1 rings (SSSR count). The van der Waals surface area contributed by atoms with E-state index in [9.17, 15) is 0 Å². The van der Waals surface area contributed by atoms with E-state index >= 15 is 0 Å². The summed E-state index contributed by atoms with van der Waals surface area (Å²) in [4.78, 5) is 0. The monoisotopic (exact) mass is 270 g/mol. The molecule has 0 radical (unpaired) electrons. The van der Waals surface area contributed by atoms with Gasteiger partial charge in [-0.25, -0.2) is 0 Å². The highest BCUT2D eigenvalue weighted by Gasteiger charge is 2.09. The van der Waals surface area contributed by atoms with Crippen LogP contribution in [0.4, 0.5) is 0 Å². The SMILES string of the molecule is CNC(=S)NC1CCCCCCCCCCCC1. The maximum absolute atomic E-state index is 5.22. The minimum atomic E-state index is 0.589. The normalized spacial score (nSPS) is 21.2. The van der Waals surface area contributed by atoms with Crippen molar-refractivity contribution in [2.45, 2.75) is 83.1 Å². The maximum atomic E-state index is 5.22. The number of rotatable bonds is 1. The molecule has 1 saturated carbocycles. The molecule has 1 aliphatic rings. The number of hydrogen-bond donors (Lipinski definition) is 2. The molecule has 0 spiro atoms. The van der Waals surface area contributed by atoms with E-state index < -0.39 is 0 Å². The molecule has 1 aliphatic carbocycles. The Labute approximate surface area is 118 Å². The Hall–Kier alpha value is -0.310. The summed E-state index contributed by atoms with van der Waals surface area (Å²) >= 11 is 5.22. The first-order chi connectivity index (χ1) is 8.83. The molecule has 0 atom stereocenters. The van der Waals surface area contributed by atoms with Crippen LogP contribution in [0.25, 0.3) is 0 Å². The van der Waals surface area contributed by atoms with E-state index in [1.54, 1.807) is 0 Å². The fourth-order valence-corrected chi connectivity index (χ4v) is 2.91. The van der Waals surface area contributed by atoms with Crippen LogP contribution in [0, 0.1) is 0 Å². The van der Waals surface area contributed by atoms with Gasteiger partial charge in [-0.05, 0) is 25.1 Å². The molecule has 2 nitrogen and oxygen atoms in total. The van der Waals surface area contributed by atoms with Crippen LogP contribution in [0.5, 0.6) is 0 Å². The summed E-state index contributed by atoms with van der Waals surface area (Å²) in [5, 5.41) is 7.29. The summed E-state index contributed by atoms with van der Waals surface area (Å²) in [5.74, 6) is 0. The molecule has 0 amide bonds. The second-order valence-corrected chi connectivity index (χ2v) is 5.94. The van der Waals surface area contributed by atoms with Crippen molar-refractivity contribution in [2.75, 3.05) is 7.05 Å². The molecule has 1 fully saturated rings. The zero-order valence-electron chi connectivity index (χ0n) is 12.0. The smallest absolute Gasteiger partial charge is 0.166 e. The average Bonchev–Trinajstić information content (AvgIpc) is 2.40. The Balaban J connectivity index is 2.30. The summed E-state index contributed by atoms with van der Waals surface area (Å²) in [7, 11) is 1.90. The van der Waals surface area contributed by atoms with Crippen molar-refractivity contribution >= 4 is 17.3 Å². The van der Waals surface area contributed by atoms with Crippen molar-refractivity contribution in [1.29, 1.82) is 0 Å². The Morgan fingerprint density at radius 3 is 1.56 bits per heavy atom. The van der Waals surface area contributed by atoms with Gasteiger partial charge in [0, 0.05) is 13.1 Å². The van der Waals surface area contributed by atoms with Crippen molar-refractivity contribution in [3.8, 4) is 0 Å². The van der Waals surface area contributed by atoms with Crippen molar-refractivity contribution in [3.05, 3.63) is 0 Å². The highest BCUT2D eigenvalue weighted by molar-refractivity contribution is 7.80. The van der Waals surface area contributed by atoms with Gasteiger partial charge in [-0.1, -0.05) is 64.2 Å². The van der Waals surface area contributed by atoms with Crippen molar-refractivity contribution in [1.82, 2.24) is 10.6 Å². The Morgan fingerprint density at radius 2 is 1.17 bits per heavy atom. The van der Waals surface area contributed by atoms with Gasteiger partial charge >= 0.3 is 0 Å². The van der Waals surface area contributed by atoms with E-state index in [1.165, 1.54) is 77.0 Å². The van der Waals surface area contributed by atoms with E-state index in [2.05, 4.69) is 10.6 Å². The lowest BCUT2D eigenvalue weighted by molar-refractivity contribution is 0.464. The molecule has 0 aromatic rings. The van der Waals surface area contributed by atoms with Gasteiger partial charge in [-0.3, -0.25) is 0 Å². The fourth-order valence-electron chi connectivity index (χ4n) is 2.74. The molecule has 0 saturated heterocycles. The van der Waals surface area contributed by atoms with Gasteiger partial charge in [-0.2, -0.15) is 0 Å². The van der Waals surface area contributed by atoms with E-state index in [0.29, 0.717) is 6.04 Å². The maximum Gasteiger partial charge on any atom is 0.166 e. The number of thiocarbonyl (C=S) groups is 1. The Bertz CT molecular complexity index is 205. The van der Waals surface area contributed by atoms with Gasteiger partial charge in [-0.15, -0.1) is 0 Å². The molecule has 0 aromatic heterocycles. The van der Waals surface area contributed by atoms with Crippen LogP contribution in [0.3, 0.4) is 0 Å². The average molecular weight is 270 g/mol. The lowest BCUT2D eigenvalue weighted by Gasteiger charge is -2.20. The van der Waals surface area contributed by atoms with E-state index in [-0.39, 0.29) is 0 Å². The standard InChI is InChI=1S/C15H30N2S/c1-16-15(18)17-14-12-10-8-6-4-2-3-5-7-9-11-13-14/h14H,2-13H2,1H3,(H2,16,17,18). The largest absolute Gasteiger partial charge is 0.366 e. The summed E-state index contributed by atoms with van der Waals surface area (Å²) in [6.45, 7) is 0. The zero-order chi connectivity index (χ0) is 13.1. The molecular weight excluding hydrogens is 240 g/mol. The first-order valence-corrected chi connectivity index (χ1v) is 8.22. The molecular formula is C15H30N2S. The molecule has 0 aliphatic heterocycles. The minimum absolute atomic E-state index is 0.589. The summed E-state index contributed by atoms with van der Waals surface area (Å²) in [6.07, 6.45) is 16.7. The summed E-state index contributed by atoms with van der Waals surface area (Å²) < 4.78 is 0. The Morgan fingerprint density at radius 1 is 0.778 bits per heavy atom. The minimum Gasteiger partial charge on any atom is -0.366 e. The van der Waals surface area contributed by atoms with Crippen molar-refractivity contribution < 1.29 is 0 Å². The fraction of sp³-hybridized carbons (Fsp3) is 0.933. The molecule has 0 unspecified atom stereocenters. The van der Waals surface area contributed by atoms with Gasteiger partial charge in [0.2, 0.25) is 0 Å². The van der Waals surface area contributed by atoms with Crippen LogP contribution in [0.2, 0.25) is 0 Å². The third kappa shape index (κ3) is 7.91. The van der Waals surface area contributed by atoms with Gasteiger partial charge in [0.15, 0.2) is 5.11 Å². The van der Waals surface area contributed by atoms with Crippen molar-refractivity contribution in [3.63, 3.8) is 0 Å². The third-order valence-electron chi connectivity index (χ3n) is 3.92. The highest BCUT2D eigenvalue weighted by Crippen LogP contribution is 2.16. The van der Waals surface area contributed by atoms with Crippen LogP contribution >= 0.6 is 12.2 Å². The van der Waals surface area contributed by atoms with Gasteiger partial charge in [0.1, 0.15) is 0 Å². The third-order valence-corrected chi connectivity index (χ3v) is 4.24. The summed E-state index contributed by atoms with van der Waals surface area (Å²) in [5.41, 5.74) is 0. The lowest BCUT2D eigenvalue weighted by Crippen LogP contribution is -2.40. The summed E-state index contributed by atoms with van der Waals surface area (Å²) in [6, 6.07) is 0.589. The van der Waals surface area contributed by atoms with E-state index in [1.807, 2.05) is 7.05 Å². The molecule has 3 heteroatoms. The zero-order valence-corrected chi connectivity index (χ0v) is 12.8. The topological polar surface area (TPSA) is 24.1 Å². The number of hydrogen-bond acceptors (Lipinski definition) is 1. The molecule has 0 aromatic carbocycles. The molecule has 18 heavy (non-hydrogen) atoms. The van der Waals surface area contributed by atoms with Crippen LogP contribution < -0.4 is 10.6 Å². The Kier molecular flexibility index (Phi) is 9.27. The predicted octanol–water partition coefficient (Wildman–Crippen LogP) is 4.14. The van der Waals surface area contributed by atoms with E-state index in [4.69, 9.17) is 12.2 Å². The van der Waals surface area contributed by atoms with Gasteiger partial charge in [0.05, 0.1) is 0 Å². The molecule has 0 bridgehead atoms. The predicted molar refractivity (Wildman–Crippen MR) is 84.0 cm³/mol. The molecule has 106 valence electrons. The quantitative estimate of drug-likeness (QED) is 0.700. The highest BCUT2D eigenvalue weighted by atomic mass is 32.1. The second kappa shape index (κ2) is 10.6. The van der Waals surface area contributed by atoms with E-state index in [0.717, 1.165) is 5.11 Å². The van der Waals surface area contributed by atoms with Gasteiger partial charge < -0.3 is 10.6 Å². The van der Waals surface area contributed by atoms with Gasteiger partial charge in [0.25, 0.3) is 0 Å². The molecule has 0 heterocycles. The first-order valence-electron chi connectivity index (χ1n) is 7.81. The van der Waals surface area contributed by atoms with Crippen LogP contribution in [0.15, 0.2) is 0 Å². The van der Waals surface area contributed by atoms with Crippen LogP contribution in [0.1, 0.15) is 77.0 Å².